The van der Waals surface area contributed by atoms with E-state index < -0.39 is 5.91 Å². The number of hydrogen-bond acceptors (Lipinski definition) is 3. The zero-order valence-electron chi connectivity index (χ0n) is 11.4. The topological polar surface area (TPSA) is 92.1 Å². The predicted molar refractivity (Wildman–Crippen MR) is 74.1 cm³/mol. The first-order valence-electron chi connectivity index (χ1n) is 6.13. The lowest BCUT2D eigenvalue weighted by Crippen LogP contribution is -2.26. The fourth-order valence-corrected chi connectivity index (χ4v) is 1.89. The molecule has 0 saturated carbocycles. The molecular weight excluding hydrogens is 256 g/mol. The lowest BCUT2D eigenvalue weighted by Gasteiger charge is -2.17. The SMILES string of the molecule is Cc1[nH]ncc1C(=O)N(C)Cc1ccc(C(N)=O)cc1. The van der Waals surface area contributed by atoms with Gasteiger partial charge in [-0.1, -0.05) is 12.1 Å². The Labute approximate surface area is 116 Å². The maximum absolute atomic E-state index is 12.2. The van der Waals surface area contributed by atoms with Gasteiger partial charge in [0.05, 0.1) is 11.8 Å². The molecule has 20 heavy (non-hydrogen) atoms. The molecule has 0 aliphatic rings. The van der Waals surface area contributed by atoms with Gasteiger partial charge in [0.2, 0.25) is 5.91 Å². The summed E-state index contributed by atoms with van der Waals surface area (Å²) in [6.45, 7) is 2.25. The molecule has 0 unspecified atom stereocenters. The number of nitrogens with one attached hydrogen (secondary N) is 1. The lowest BCUT2D eigenvalue weighted by molar-refractivity contribution is 0.0784. The number of rotatable bonds is 4. The van der Waals surface area contributed by atoms with E-state index in [0.717, 1.165) is 11.3 Å². The average molecular weight is 272 g/mol. The minimum atomic E-state index is -0.463. The number of aryl methyl sites for hydroxylation is 1. The van der Waals surface area contributed by atoms with Gasteiger partial charge in [-0.3, -0.25) is 14.7 Å². The van der Waals surface area contributed by atoms with Crippen molar-refractivity contribution in [2.75, 3.05) is 7.05 Å². The number of carbonyl (C=O) groups is 2. The minimum Gasteiger partial charge on any atom is -0.366 e. The molecule has 0 atom stereocenters. The molecule has 104 valence electrons. The van der Waals surface area contributed by atoms with Crippen molar-refractivity contribution in [1.29, 1.82) is 0 Å². The van der Waals surface area contributed by atoms with E-state index in [1.165, 1.54) is 6.20 Å². The Morgan fingerprint density at radius 1 is 1.30 bits per heavy atom. The fourth-order valence-electron chi connectivity index (χ4n) is 1.89. The zero-order chi connectivity index (χ0) is 14.7. The number of nitrogens with two attached hydrogens (primary N) is 1. The van der Waals surface area contributed by atoms with Crippen LogP contribution in [0, 0.1) is 6.92 Å². The van der Waals surface area contributed by atoms with Crippen molar-refractivity contribution in [3.05, 3.63) is 52.8 Å². The lowest BCUT2D eigenvalue weighted by atomic mass is 10.1. The smallest absolute Gasteiger partial charge is 0.257 e. The fraction of sp³-hybridized carbons (Fsp3) is 0.214. The summed E-state index contributed by atoms with van der Waals surface area (Å²) >= 11 is 0. The first-order valence-corrected chi connectivity index (χ1v) is 6.13. The molecule has 0 radical (unpaired) electrons. The van der Waals surface area contributed by atoms with Crippen LogP contribution in [0.25, 0.3) is 0 Å². The van der Waals surface area contributed by atoms with Crippen LogP contribution in [0.3, 0.4) is 0 Å². The molecule has 2 aromatic rings. The van der Waals surface area contributed by atoms with Gasteiger partial charge in [0, 0.05) is 24.8 Å². The van der Waals surface area contributed by atoms with E-state index in [1.54, 1.807) is 43.1 Å². The van der Waals surface area contributed by atoms with Crippen molar-refractivity contribution in [3.8, 4) is 0 Å². The highest BCUT2D eigenvalue weighted by atomic mass is 16.2. The monoisotopic (exact) mass is 272 g/mol. The minimum absolute atomic E-state index is 0.102. The van der Waals surface area contributed by atoms with Crippen LogP contribution in [0.4, 0.5) is 0 Å². The number of benzene rings is 1. The molecule has 3 N–H and O–H groups in total. The van der Waals surface area contributed by atoms with Gasteiger partial charge in [-0.25, -0.2) is 0 Å². The molecule has 1 aromatic carbocycles. The first-order chi connectivity index (χ1) is 9.49. The van der Waals surface area contributed by atoms with Crippen molar-refractivity contribution < 1.29 is 9.59 Å². The second kappa shape index (κ2) is 5.56. The van der Waals surface area contributed by atoms with E-state index in [2.05, 4.69) is 10.2 Å². The van der Waals surface area contributed by atoms with Crippen LogP contribution >= 0.6 is 0 Å². The quantitative estimate of drug-likeness (QED) is 0.872. The Hall–Kier alpha value is -2.63. The average Bonchev–Trinajstić information content (AvgIpc) is 2.84. The second-order valence-electron chi connectivity index (χ2n) is 4.63. The number of H-pyrrole nitrogens is 1. The van der Waals surface area contributed by atoms with Gasteiger partial charge in [-0.15, -0.1) is 0 Å². The normalized spacial score (nSPS) is 10.3. The van der Waals surface area contributed by atoms with Crippen molar-refractivity contribution >= 4 is 11.8 Å². The highest BCUT2D eigenvalue weighted by Crippen LogP contribution is 2.11. The molecule has 1 aromatic heterocycles. The van der Waals surface area contributed by atoms with E-state index in [1.807, 2.05) is 0 Å². The van der Waals surface area contributed by atoms with E-state index in [-0.39, 0.29) is 5.91 Å². The van der Waals surface area contributed by atoms with Gasteiger partial charge < -0.3 is 10.6 Å². The van der Waals surface area contributed by atoms with Crippen molar-refractivity contribution in [3.63, 3.8) is 0 Å². The van der Waals surface area contributed by atoms with Crippen molar-refractivity contribution in [2.45, 2.75) is 13.5 Å². The maximum atomic E-state index is 12.2. The highest BCUT2D eigenvalue weighted by molar-refractivity contribution is 5.95. The molecule has 2 amide bonds. The molecule has 0 bridgehead atoms. The summed E-state index contributed by atoms with van der Waals surface area (Å²) in [4.78, 5) is 24.8. The number of aromatic nitrogens is 2. The number of hydrogen-bond donors (Lipinski definition) is 2. The summed E-state index contributed by atoms with van der Waals surface area (Å²) in [5.41, 5.74) is 7.85. The van der Waals surface area contributed by atoms with Crippen LogP contribution < -0.4 is 5.73 Å². The third kappa shape index (κ3) is 2.85. The second-order valence-corrected chi connectivity index (χ2v) is 4.63. The van der Waals surface area contributed by atoms with E-state index in [4.69, 9.17) is 5.73 Å². The third-order valence-corrected chi connectivity index (χ3v) is 3.07. The standard InChI is InChI=1S/C14H16N4O2/c1-9-12(7-16-17-9)14(20)18(2)8-10-3-5-11(6-4-10)13(15)19/h3-7H,8H2,1-2H3,(H2,15,19)(H,16,17). The Morgan fingerprint density at radius 3 is 2.45 bits per heavy atom. The highest BCUT2D eigenvalue weighted by Gasteiger charge is 2.15. The Bertz CT molecular complexity index is 631. The number of primary amides is 1. The summed E-state index contributed by atoms with van der Waals surface area (Å²) in [6, 6.07) is 6.87. The van der Waals surface area contributed by atoms with Crippen LogP contribution in [0.2, 0.25) is 0 Å². The number of aromatic amines is 1. The van der Waals surface area contributed by atoms with Crippen LogP contribution in [0.15, 0.2) is 30.5 Å². The summed E-state index contributed by atoms with van der Waals surface area (Å²) in [5.74, 6) is -0.565. The predicted octanol–water partition coefficient (Wildman–Crippen LogP) is 1.09. The Balaban J connectivity index is 2.08. The molecule has 1 heterocycles. The third-order valence-electron chi connectivity index (χ3n) is 3.07. The van der Waals surface area contributed by atoms with Crippen LogP contribution in [0.5, 0.6) is 0 Å². The molecule has 6 heteroatoms. The number of amides is 2. The zero-order valence-corrected chi connectivity index (χ0v) is 11.4. The van der Waals surface area contributed by atoms with E-state index in [0.29, 0.717) is 17.7 Å². The van der Waals surface area contributed by atoms with Crippen LogP contribution in [-0.2, 0) is 6.54 Å². The van der Waals surface area contributed by atoms with Gasteiger partial charge in [0.25, 0.3) is 5.91 Å². The summed E-state index contributed by atoms with van der Waals surface area (Å²) in [6.07, 6.45) is 1.52. The van der Waals surface area contributed by atoms with Crippen LogP contribution in [0.1, 0.15) is 32.0 Å². The summed E-state index contributed by atoms with van der Waals surface area (Å²) < 4.78 is 0. The molecule has 0 aliphatic heterocycles. The van der Waals surface area contributed by atoms with Gasteiger partial charge in [-0.05, 0) is 24.6 Å². The Kier molecular flexibility index (Phi) is 3.84. The maximum Gasteiger partial charge on any atom is 0.257 e. The number of carbonyl (C=O) groups excluding carboxylic acids is 2. The van der Waals surface area contributed by atoms with Gasteiger partial charge in [0.15, 0.2) is 0 Å². The molecule has 2 rings (SSSR count). The first kappa shape index (κ1) is 13.8. The molecule has 0 saturated heterocycles. The van der Waals surface area contributed by atoms with Gasteiger partial charge >= 0.3 is 0 Å². The Morgan fingerprint density at radius 2 is 1.95 bits per heavy atom. The van der Waals surface area contributed by atoms with E-state index >= 15 is 0 Å². The molecule has 0 fully saturated rings. The summed E-state index contributed by atoms with van der Waals surface area (Å²) in [7, 11) is 1.72. The molecular formula is C14H16N4O2. The van der Waals surface area contributed by atoms with Crippen molar-refractivity contribution in [1.82, 2.24) is 15.1 Å². The summed E-state index contributed by atoms with van der Waals surface area (Å²) in [5, 5.41) is 6.58. The molecule has 6 nitrogen and oxygen atoms in total. The van der Waals surface area contributed by atoms with Gasteiger partial charge in [-0.2, -0.15) is 5.10 Å². The molecule has 0 spiro atoms. The largest absolute Gasteiger partial charge is 0.366 e. The van der Waals surface area contributed by atoms with Crippen molar-refractivity contribution in [2.24, 2.45) is 5.73 Å². The van der Waals surface area contributed by atoms with Crippen LogP contribution in [-0.4, -0.2) is 34.0 Å². The van der Waals surface area contributed by atoms with Gasteiger partial charge in [0.1, 0.15) is 0 Å². The number of nitrogens with zero attached hydrogens (tertiary/aromatic N) is 2. The van der Waals surface area contributed by atoms with E-state index in [9.17, 15) is 9.59 Å². The molecule has 0 aliphatic carbocycles.